The summed E-state index contributed by atoms with van der Waals surface area (Å²) in [4.78, 5) is 12.2. The Morgan fingerprint density at radius 1 is 1.42 bits per heavy atom. The minimum absolute atomic E-state index is 0. The number of aromatic nitrogens is 2. The van der Waals surface area contributed by atoms with E-state index in [-0.39, 0.29) is 30.3 Å². The van der Waals surface area contributed by atoms with Gasteiger partial charge in [0.1, 0.15) is 5.82 Å². The highest BCUT2D eigenvalue weighted by atomic mass is 35.5. The summed E-state index contributed by atoms with van der Waals surface area (Å²) in [5.74, 6) is 1.08. The number of rotatable bonds is 2. The smallest absolute Gasteiger partial charge is 0.228 e. The predicted octanol–water partition coefficient (Wildman–Crippen LogP) is 1.40. The highest BCUT2D eigenvalue weighted by molar-refractivity contribution is 5.92. The molecule has 0 spiro atoms. The fourth-order valence-corrected chi connectivity index (χ4v) is 3.15. The Morgan fingerprint density at radius 2 is 2.21 bits per heavy atom. The van der Waals surface area contributed by atoms with Crippen LogP contribution in [-0.2, 0) is 24.7 Å². The van der Waals surface area contributed by atoms with Gasteiger partial charge in [0.15, 0.2) is 0 Å². The van der Waals surface area contributed by atoms with Crippen LogP contribution in [0, 0.1) is 5.92 Å². The van der Waals surface area contributed by atoms with Crippen molar-refractivity contribution in [2.45, 2.75) is 44.6 Å². The molecule has 0 aromatic carbocycles. The van der Waals surface area contributed by atoms with Gasteiger partial charge in [-0.25, -0.2) is 0 Å². The van der Waals surface area contributed by atoms with Gasteiger partial charge in [0.05, 0.1) is 5.69 Å². The maximum Gasteiger partial charge on any atom is 0.228 e. The molecular weight excluding hydrogens is 264 g/mol. The Hall–Kier alpha value is -1.07. The summed E-state index contributed by atoms with van der Waals surface area (Å²) in [7, 11) is 1.90. The first-order valence-electron chi connectivity index (χ1n) is 6.76. The van der Waals surface area contributed by atoms with Gasteiger partial charge in [-0.2, -0.15) is 5.10 Å². The van der Waals surface area contributed by atoms with E-state index in [1.807, 2.05) is 7.05 Å². The summed E-state index contributed by atoms with van der Waals surface area (Å²) in [5, 5.41) is 7.52. The molecule has 1 aromatic rings. The number of halogens is 1. The van der Waals surface area contributed by atoms with E-state index in [1.54, 1.807) is 4.68 Å². The number of nitrogens with two attached hydrogens (primary N) is 1. The van der Waals surface area contributed by atoms with Crippen molar-refractivity contribution in [1.82, 2.24) is 9.78 Å². The first kappa shape index (κ1) is 14.3. The van der Waals surface area contributed by atoms with Crippen LogP contribution in [0.4, 0.5) is 5.82 Å². The number of amides is 1. The molecule has 3 rings (SSSR count). The number of hydrogen-bond acceptors (Lipinski definition) is 3. The van der Waals surface area contributed by atoms with E-state index in [0.717, 1.165) is 50.0 Å². The van der Waals surface area contributed by atoms with Gasteiger partial charge in [0.2, 0.25) is 5.91 Å². The lowest BCUT2D eigenvalue weighted by Crippen LogP contribution is -2.24. The van der Waals surface area contributed by atoms with Crippen LogP contribution < -0.4 is 11.1 Å². The third-order valence-electron chi connectivity index (χ3n) is 4.15. The van der Waals surface area contributed by atoms with Crippen molar-refractivity contribution in [3.8, 4) is 0 Å². The zero-order valence-electron chi connectivity index (χ0n) is 11.2. The summed E-state index contributed by atoms with van der Waals surface area (Å²) in [6, 6.07) is 0.193. The standard InChI is InChI=1S/C13H20N4O.ClH/c1-17-12(10-3-2-4-11(10)16-17)15-13(18)8-5-6-9(14)7-8;/h8-9H,2-7,14H2,1H3,(H,15,18);1H. The second-order valence-electron chi connectivity index (χ2n) is 5.51. The Kier molecular flexibility index (Phi) is 4.16. The van der Waals surface area contributed by atoms with E-state index in [0.29, 0.717) is 0 Å². The molecule has 1 aromatic heterocycles. The van der Waals surface area contributed by atoms with E-state index in [1.165, 1.54) is 5.56 Å². The first-order chi connectivity index (χ1) is 8.65. The van der Waals surface area contributed by atoms with Gasteiger partial charge in [-0.05, 0) is 38.5 Å². The second-order valence-corrected chi connectivity index (χ2v) is 5.51. The molecule has 2 unspecified atom stereocenters. The Balaban J connectivity index is 0.00000133. The Morgan fingerprint density at radius 3 is 2.89 bits per heavy atom. The van der Waals surface area contributed by atoms with E-state index in [4.69, 9.17) is 5.73 Å². The third kappa shape index (κ3) is 2.62. The lowest BCUT2D eigenvalue weighted by molar-refractivity contribution is -0.119. The number of nitrogens with zero attached hydrogens (tertiary/aromatic N) is 2. The zero-order chi connectivity index (χ0) is 12.7. The molecule has 106 valence electrons. The molecule has 1 amide bonds. The lowest BCUT2D eigenvalue weighted by atomic mass is 10.1. The van der Waals surface area contributed by atoms with Gasteiger partial charge >= 0.3 is 0 Å². The first-order valence-corrected chi connectivity index (χ1v) is 6.76. The van der Waals surface area contributed by atoms with Crippen LogP contribution in [0.2, 0.25) is 0 Å². The van der Waals surface area contributed by atoms with Crippen LogP contribution in [-0.4, -0.2) is 21.7 Å². The van der Waals surface area contributed by atoms with Crippen LogP contribution in [0.1, 0.15) is 36.9 Å². The molecule has 6 heteroatoms. The van der Waals surface area contributed by atoms with Gasteiger partial charge in [0.25, 0.3) is 0 Å². The van der Waals surface area contributed by atoms with Crippen LogP contribution in [0.25, 0.3) is 0 Å². The molecule has 19 heavy (non-hydrogen) atoms. The van der Waals surface area contributed by atoms with Crippen molar-refractivity contribution >= 4 is 24.1 Å². The minimum atomic E-state index is 0. The Bertz CT molecular complexity index is 485. The average molecular weight is 285 g/mol. The molecule has 0 aliphatic heterocycles. The predicted molar refractivity (Wildman–Crippen MR) is 76.4 cm³/mol. The molecule has 1 fully saturated rings. The fraction of sp³-hybridized carbons (Fsp3) is 0.692. The van der Waals surface area contributed by atoms with Crippen molar-refractivity contribution in [2.75, 3.05) is 5.32 Å². The molecule has 2 atom stereocenters. The lowest BCUT2D eigenvalue weighted by Gasteiger charge is -2.12. The van der Waals surface area contributed by atoms with Crippen molar-refractivity contribution in [2.24, 2.45) is 18.7 Å². The van der Waals surface area contributed by atoms with E-state index in [2.05, 4.69) is 10.4 Å². The molecule has 0 saturated heterocycles. The largest absolute Gasteiger partial charge is 0.328 e. The van der Waals surface area contributed by atoms with Crippen LogP contribution in [0.3, 0.4) is 0 Å². The minimum Gasteiger partial charge on any atom is -0.328 e. The van der Waals surface area contributed by atoms with Gasteiger partial charge in [0, 0.05) is 24.6 Å². The van der Waals surface area contributed by atoms with Crippen molar-refractivity contribution in [3.05, 3.63) is 11.3 Å². The molecule has 3 N–H and O–H groups in total. The summed E-state index contributed by atoms with van der Waals surface area (Å²) >= 11 is 0. The highest BCUT2D eigenvalue weighted by Gasteiger charge is 2.29. The maximum atomic E-state index is 12.2. The van der Waals surface area contributed by atoms with Gasteiger partial charge < -0.3 is 11.1 Å². The fourth-order valence-electron chi connectivity index (χ4n) is 3.15. The summed E-state index contributed by atoms with van der Waals surface area (Å²) in [5.41, 5.74) is 8.24. The Labute approximate surface area is 119 Å². The topological polar surface area (TPSA) is 72.9 Å². The number of carbonyl (C=O) groups is 1. The van der Waals surface area contributed by atoms with Crippen molar-refractivity contribution < 1.29 is 4.79 Å². The number of carbonyl (C=O) groups excluding carboxylic acids is 1. The molecule has 0 bridgehead atoms. The molecule has 1 saturated carbocycles. The number of fused-ring (bicyclic) bond motifs is 1. The van der Waals surface area contributed by atoms with Gasteiger partial charge in [-0.15, -0.1) is 12.4 Å². The average Bonchev–Trinajstić information content (AvgIpc) is 2.99. The van der Waals surface area contributed by atoms with Crippen LogP contribution >= 0.6 is 12.4 Å². The van der Waals surface area contributed by atoms with Crippen LogP contribution in [0.15, 0.2) is 0 Å². The quantitative estimate of drug-likeness (QED) is 0.862. The third-order valence-corrected chi connectivity index (χ3v) is 4.15. The van der Waals surface area contributed by atoms with E-state index >= 15 is 0 Å². The molecular formula is C13H21ClN4O. The number of hydrogen-bond donors (Lipinski definition) is 2. The number of nitrogens with one attached hydrogen (secondary N) is 1. The maximum absolute atomic E-state index is 12.2. The van der Waals surface area contributed by atoms with E-state index in [9.17, 15) is 4.79 Å². The molecule has 2 aliphatic carbocycles. The van der Waals surface area contributed by atoms with E-state index < -0.39 is 0 Å². The molecule has 2 aliphatic rings. The summed E-state index contributed by atoms with van der Waals surface area (Å²) in [6.45, 7) is 0. The summed E-state index contributed by atoms with van der Waals surface area (Å²) in [6.07, 6.45) is 5.90. The zero-order valence-corrected chi connectivity index (χ0v) is 12.0. The second kappa shape index (κ2) is 5.51. The van der Waals surface area contributed by atoms with Gasteiger partial charge in [-0.3, -0.25) is 9.48 Å². The normalized spacial score (nSPS) is 24.9. The van der Waals surface area contributed by atoms with Crippen molar-refractivity contribution in [3.63, 3.8) is 0 Å². The molecule has 0 radical (unpaired) electrons. The van der Waals surface area contributed by atoms with Crippen LogP contribution in [0.5, 0.6) is 0 Å². The van der Waals surface area contributed by atoms with Gasteiger partial charge in [-0.1, -0.05) is 0 Å². The SMILES string of the molecule is Cl.Cn1nc2c(c1NC(=O)C1CCC(N)C1)CCC2. The monoisotopic (exact) mass is 284 g/mol. The number of anilines is 1. The molecule has 1 heterocycles. The molecule has 5 nitrogen and oxygen atoms in total. The highest BCUT2D eigenvalue weighted by Crippen LogP contribution is 2.30. The number of aryl methyl sites for hydroxylation is 2. The summed E-state index contributed by atoms with van der Waals surface area (Å²) < 4.78 is 1.80. The van der Waals surface area contributed by atoms with Crippen molar-refractivity contribution in [1.29, 1.82) is 0 Å².